The lowest BCUT2D eigenvalue weighted by Gasteiger charge is -2.40. The van der Waals surface area contributed by atoms with E-state index in [-0.39, 0.29) is 6.61 Å². The molecule has 1 aromatic rings. The van der Waals surface area contributed by atoms with E-state index in [9.17, 15) is 5.11 Å². The van der Waals surface area contributed by atoms with Crippen LogP contribution >= 0.6 is 11.6 Å². The third-order valence-electron chi connectivity index (χ3n) is 4.37. The first-order chi connectivity index (χ1) is 9.79. The number of hydrogen-bond donors (Lipinski definition) is 2. The van der Waals surface area contributed by atoms with Gasteiger partial charge in [0, 0.05) is 25.2 Å². The second-order valence-electron chi connectivity index (χ2n) is 5.90. The van der Waals surface area contributed by atoms with Gasteiger partial charge in [0.2, 0.25) is 0 Å². The van der Waals surface area contributed by atoms with Gasteiger partial charge in [0.15, 0.2) is 0 Å². The van der Waals surface area contributed by atoms with E-state index in [1.807, 2.05) is 12.1 Å². The van der Waals surface area contributed by atoms with Crippen LogP contribution in [0, 0.1) is 0 Å². The Morgan fingerprint density at radius 2 is 2.05 bits per heavy atom. The van der Waals surface area contributed by atoms with Gasteiger partial charge in [-0.1, -0.05) is 23.7 Å². The fourth-order valence-corrected chi connectivity index (χ4v) is 3.15. The van der Waals surface area contributed by atoms with E-state index < -0.39 is 0 Å². The summed E-state index contributed by atoms with van der Waals surface area (Å²) < 4.78 is 0. The third-order valence-corrected chi connectivity index (χ3v) is 4.68. The van der Waals surface area contributed by atoms with Crippen molar-refractivity contribution in [2.75, 3.05) is 18.1 Å². The second-order valence-corrected chi connectivity index (χ2v) is 6.31. The average Bonchev–Trinajstić information content (AvgIpc) is 3.18. The average molecular weight is 295 g/mol. The number of rotatable bonds is 7. The molecule has 0 unspecified atom stereocenters. The van der Waals surface area contributed by atoms with E-state index in [2.05, 4.69) is 16.3 Å². The van der Waals surface area contributed by atoms with Gasteiger partial charge in [-0.3, -0.25) is 0 Å². The molecule has 3 rings (SSSR count). The van der Waals surface area contributed by atoms with E-state index in [0.717, 1.165) is 17.3 Å². The Morgan fingerprint density at radius 1 is 1.25 bits per heavy atom. The first-order valence-electron chi connectivity index (χ1n) is 7.68. The van der Waals surface area contributed by atoms with Crippen molar-refractivity contribution in [1.82, 2.24) is 5.32 Å². The summed E-state index contributed by atoms with van der Waals surface area (Å²) in [7, 11) is 0. The minimum absolute atomic E-state index is 0.178. The Morgan fingerprint density at radius 3 is 2.65 bits per heavy atom. The molecule has 2 aliphatic rings. The van der Waals surface area contributed by atoms with Crippen LogP contribution in [0.1, 0.15) is 37.7 Å². The second kappa shape index (κ2) is 6.33. The van der Waals surface area contributed by atoms with Gasteiger partial charge >= 0.3 is 0 Å². The summed E-state index contributed by atoms with van der Waals surface area (Å²) in [5.74, 6) is 0. The molecule has 0 spiro atoms. The number of nitrogens with zero attached hydrogens (tertiary/aromatic N) is 1. The van der Waals surface area contributed by atoms with Crippen molar-refractivity contribution in [3.05, 3.63) is 28.8 Å². The molecule has 0 radical (unpaired) electrons. The molecule has 4 heteroatoms. The summed E-state index contributed by atoms with van der Waals surface area (Å²) in [5.41, 5.74) is 2.38. The molecule has 0 atom stereocenters. The van der Waals surface area contributed by atoms with Gasteiger partial charge in [-0.2, -0.15) is 0 Å². The Kier molecular flexibility index (Phi) is 4.49. The maximum atomic E-state index is 9.38. The third kappa shape index (κ3) is 3.11. The number of hydrogen-bond acceptors (Lipinski definition) is 3. The molecule has 20 heavy (non-hydrogen) atoms. The topological polar surface area (TPSA) is 35.5 Å². The molecule has 0 saturated heterocycles. The summed E-state index contributed by atoms with van der Waals surface area (Å²) in [4.78, 5) is 2.32. The standard InChI is InChI=1S/C16H23ClN2O/c17-15-6-1-3-12(11-18-13-7-8-13)16(15)19(9-10-20)14-4-2-5-14/h1,3,6,13-14,18,20H,2,4-5,7-11H2. The number of aliphatic hydroxyl groups is 1. The van der Waals surface area contributed by atoms with E-state index >= 15 is 0 Å². The molecule has 0 aromatic heterocycles. The number of halogens is 1. The van der Waals surface area contributed by atoms with Crippen molar-refractivity contribution < 1.29 is 5.11 Å². The number of anilines is 1. The van der Waals surface area contributed by atoms with Crippen LogP contribution in [-0.2, 0) is 6.54 Å². The largest absolute Gasteiger partial charge is 0.395 e. The van der Waals surface area contributed by atoms with Gasteiger partial charge in [0.25, 0.3) is 0 Å². The van der Waals surface area contributed by atoms with Crippen molar-refractivity contribution in [2.45, 2.75) is 50.7 Å². The number of nitrogens with one attached hydrogen (secondary N) is 1. The van der Waals surface area contributed by atoms with Crippen molar-refractivity contribution in [1.29, 1.82) is 0 Å². The summed E-state index contributed by atoms with van der Waals surface area (Å²) in [5, 5.41) is 13.7. The molecule has 0 amide bonds. The van der Waals surface area contributed by atoms with E-state index in [0.29, 0.717) is 18.6 Å². The molecule has 2 saturated carbocycles. The predicted molar refractivity (Wildman–Crippen MR) is 83.4 cm³/mol. The fraction of sp³-hybridized carbons (Fsp3) is 0.625. The molecule has 2 aliphatic carbocycles. The molecule has 2 N–H and O–H groups in total. The minimum Gasteiger partial charge on any atom is -0.395 e. The van der Waals surface area contributed by atoms with Crippen LogP contribution in [0.15, 0.2) is 18.2 Å². The highest BCUT2D eigenvalue weighted by Gasteiger charge is 2.28. The molecule has 110 valence electrons. The van der Waals surface area contributed by atoms with Crippen molar-refractivity contribution in [2.24, 2.45) is 0 Å². The molecule has 1 aromatic carbocycles. The molecule has 0 bridgehead atoms. The normalized spacial score (nSPS) is 18.9. The lowest BCUT2D eigenvalue weighted by Crippen LogP contribution is -2.42. The van der Waals surface area contributed by atoms with E-state index in [1.54, 1.807) is 0 Å². The highest BCUT2D eigenvalue weighted by molar-refractivity contribution is 6.33. The van der Waals surface area contributed by atoms with Crippen LogP contribution in [0.25, 0.3) is 0 Å². The highest BCUT2D eigenvalue weighted by Crippen LogP contribution is 2.36. The van der Waals surface area contributed by atoms with Gasteiger partial charge < -0.3 is 15.3 Å². The van der Waals surface area contributed by atoms with Crippen molar-refractivity contribution in [3.8, 4) is 0 Å². The summed E-state index contributed by atoms with van der Waals surface area (Å²) in [6.07, 6.45) is 6.28. The summed E-state index contributed by atoms with van der Waals surface area (Å²) in [6, 6.07) is 7.37. The maximum absolute atomic E-state index is 9.38. The predicted octanol–water partition coefficient (Wildman–Crippen LogP) is 2.94. The van der Waals surface area contributed by atoms with Gasteiger partial charge in [-0.25, -0.2) is 0 Å². The van der Waals surface area contributed by atoms with E-state index in [4.69, 9.17) is 11.6 Å². The molecular formula is C16H23ClN2O. The van der Waals surface area contributed by atoms with Gasteiger partial charge in [-0.05, 0) is 43.7 Å². The lowest BCUT2D eigenvalue weighted by molar-refractivity contribution is 0.283. The number of aliphatic hydroxyl groups excluding tert-OH is 1. The van der Waals surface area contributed by atoms with Crippen LogP contribution in [0.2, 0.25) is 5.02 Å². The zero-order valence-corrected chi connectivity index (χ0v) is 12.6. The minimum atomic E-state index is 0.178. The number of benzene rings is 1. The zero-order chi connectivity index (χ0) is 13.9. The SMILES string of the molecule is OCCN(c1c(Cl)cccc1CNC1CC1)C1CCC1. The summed E-state index contributed by atoms with van der Waals surface area (Å²) in [6.45, 7) is 1.72. The Hall–Kier alpha value is -0.770. The van der Waals surface area contributed by atoms with Crippen LogP contribution in [0.4, 0.5) is 5.69 Å². The Labute approximate surface area is 125 Å². The van der Waals surface area contributed by atoms with Crippen LogP contribution in [0.5, 0.6) is 0 Å². The highest BCUT2D eigenvalue weighted by atomic mass is 35.5. The maximum Gasteiger partial charge on any atom is 0.0643 e. The lowest BCUT2D eigenvalue weighted by atomic mass is 9.90. The number of para-hydroxylation sites is 1. The monoisotopic (exact) mass is 294 g/mol. The van der Waals surface area contributed by atoms with Gasteiger partial charge in [-0.15, -0.1) is 0 Å². The van der Waals surface area contributed by atoms with Crippen LogP contribution in [-0.4, -0.2) is 30.3 Å². The molecule has 0 aliphatic heterocycles. The zero-order valence-electron chi connectivity index (χ0n) is 11.8. The summed E-state index contributed by atoms with van der Waals surface area (Å²) >= 11 is 6.46. The molecular weight excluding hydrogens is 272 g/mol. The van der Waals surface area contributed by atoms with Crippen molar-refractivity contribution >= 4 is 17.3 Å². The molecule has 2 fully saturated rings. The smallest absolute Gasteiger partial charge is 0.0643 e. The van der Waals surface area contributed by atoms with Gasteiger partial charge in [0.05, 0.1) is 17.3 Å². The Balaban J connectivity index is 1.83. The quantitative estimate of drug-likeness (QED) is 0.812. The van der Waals surface area contributed by atoms with Gasteiger partial charge in [0.1, 0.15) is 0 Å². The first kappa shape index (κ1) is 14.2. The molecule has 0 heterocycles. The van der Waals surface area contributed by atoms with Crippen LogP contribution in [0.3, 0.4) is 0 Å². The molecule has 3 nitrogen and oxygen atoms in total. The fourth-order valence-electron chi connectivity index (χ4n) is 2.85. The first-order valence-corrected chi connectivity index (χ1v) is 8.05. The van der Waals surface area contributed by atoms with Crippen LogP contribution < -0.4 is 10.2 Å². The van der Waals surface area contributed by atoms with E-state index in [1.165, 1.54) is 37.7 Å². The Bertz CT molecular complexity index is 458. The van der Waals surface area contributed by atoms with Crippen molar-refractivity contribution in [3.63, 3.8) is 0 Å².